The molecule has 1 aliphatic rings. The average molecular weight is 305 g/mol. The van der Waals surface area contributed by atoms with Crippen molar-refractivity contribution < 1.29 is 9.53 Å². The molecule has 0 spiro atoms. The highest BCUT2D eigenvalue weighted by Crippen LogP contribution is 2.24. The SMILES string of the molecule is CC(C)(C)OC(=O)NCC1CCCN(c2cccc(N)c2)C1. The van der Waals surface area contributed by atoms with E-state index in [4.69, 9.17) is 10.5 Å². The number of hydrogen-bond acceptors (Lipinski definition) is 4. The molecule has 1 fully saturated rings. The number of hydrogen-bond donors (Lipinski definition) is 2. The Morgan fingerprint density at radius 2 is 2.23 bits per heavy atom. The highest BCUT2D eigenvalue weighted by atomic mass is 16.6. The minimum Gasteiger partial charge on any atom is -0.444 e. The Labute approximate surface area is 132 Å². The third-order valence-corrected chi connectivity index (χ3v) is 3.69. The molecule has 1 amide bonds. The van der Waals surface area contributed by atoms with Crippen molar-refractivity contribution in [3.05, 3.63) is 24.3 Å². The Morgan fingerprint density at radius 1 is 1.45 bits per heavy atom. The highest BCUT2D eigenvalue weighted by Gasteiger charge is 2.22. The average Bonchev–Trinajstić information content (AvgIpc) is 2.44. The largest absolute Gasteiger partial charge is 0.444 e. The van der Waals surface area contributed by atoms with Gasteiger partial charge < -0.3 is 20.7 Å². The quantitative estimate of drug-likeness (QED) is 0.842. The minimum absolute atomic E-state index is 0.339. The van der Waals surface area contributed by atoms with E-state index in [9.17, 15) is 4.79 Å². The number of nitrogen functional groups attached to an aromatic ring is 1. The summed E-state index contributed by atoms with van der Waals surface area (Å²) in [4.78, 5) is 14.1. The van der Waals surface area contributed by atoms with Gasteiger partial charge in [-0.05, 0) is 57.7 Å². The van der Waals surface area contributed by atoms with Crippen LogP contribution in [0.4, 0.5) is 16.2 Å². The molecule has 1 aromatic rings. The minimum atomic E-state index is -0.454. The van der Waals surface area contributed by atoms with Crippen LogP contribution in [-0.2, 0) is 4.74 Å². The molecule has 1 heterocycles. The predicted molar refractivity (Wildman–Crippen MR) is 90.0 cm³/mol. The van der Waals surface area contributed by atoms with E-state index in [0.29, 0.717) is 12.5 Å². The van der Waals surface area contributed by atoms with Crippen molar-refractivity contribution in [3.63, 3.8) is 0 Å². The molecule has 0 aliphatic carbocycles. The first-order chi connectivity index (χ1) is 10.3. The number of amides is 1. The summed E-state index contributed by atoms with van der Waals surface area (Å²) in [6.45, 7) is 8.22. The predicted octanol–water partition coefficient (Wildman–Crippen LogP) is 3.01. The van der Waals surface area contributed by atoms with Crippen molar-refractivity contribution in [1.82, 2.24) is 5.32 Å². The van der Waals surface area contributed by atoms with Gasteiger partial charge in [0.1, 0.15) is 5.60 Å². The van der Waals surface area contributed by atoms with Crippen molar-refractivity contribution in [2.75, 3.05) is 30.3 Å². The van der Waals surface area contributed by atoms with Crippen LogP contribution < -0.4 is 16.0 Å². The number of ether oxygens (including phenoxy) is 1. The normalized spacial score (nSPS) is 18.9. The standard InChI is InChI=1S/C17H27N3O2/c1-17(2,3)22-16(21)19-11-13-6-5-9-20(12-13)15-8-4-7-14(18)10-15/h4,7-8,10,13H,5-6,9,11-12,18H2,1-3H3,(H,19,21). The molecule has 122 valence electrons. The molecular formula is C17H27N3O2. The second-order valence-corrected chi connectivity index (χ2v) is 6.93. The Kier molecular flexibility index (Phi) is 5.16. The summed E-state index contributed by atoms with van der Waals surface area (Å²) in [6.07, 6.45) is 1.90. The van der Waals surface area contributed by atoms with Crippen LogP contribution in [0.3, 0.4) is 0 Å². The zero-order chi connectivity index (χ0) is 16.2. The van der Waals surface area contributed by atoms with Gasteiger partial charge >= 0.3 is 6.09 Å². The van der Waals surface area contributed by atoms with Gasteiger partial charge in [-0.2, -0.15) is 0 Å². The number of nitrogens with zero attached hydrogens (tertiary/aromatic N) is 1. The van der Waals surface area contributed by atoms with Crippen LogP contribution in [-0.4, -0.2) is 31.3 Å². The van der Waals surface area contributed by atoms with Crippen LogP contribution in [0.25, 0.3) is 0 Å². The van der Waals surface area contributed by atoms with E-state index in [0.717, 1.165) is 37.3 Å². The van der Waals surface area contributed by atoms with Gasteiger partial charge in [0.15, 0.2) is 0 Å². The molecule has 1 aliphatic heterocycles. The summed E-state index contributed by atoms with van der Waals surface area (Å²) in [5, 5.41) is 2.88. The van der Waals surface area contributed by atoms with E-state index in [-0.39, 0.29) is 6.09 Å². The first kappa shape index (κ1) is 16.5. The molecule has 5 nitrogen and oxygen atoms in total. The van der Waals surface area contributed by atoms with Gasteiger partial charge in [0.05, 0.1) is 0 Å². The molecule has 0 bridgehead atoms. The molecular weight excluding hydrogens is 278 g/mol. The number of alkyl carbamates (subject to hydrolysis) is 1. The lowest BCUT2D eigenvalue weighted by Gasteiger charge is -2.34. The van der Waals surface area contributed by atoms with E-state index in [1.54, 1.807) is 0 Å². The maximum Gasteiger partial charge on any atom is 0.407 e. The Hall–Kier alpha value is -1.91. The summed E-state index contributed by atoms with van der Waals surface area (Å²) in [7, 11) is 0. The maximum atomic E-state index is 11.7. The van der Waals surface area contributed by atoms with E-state index < -0.39 is 5.60 Å². The van der Waals surface area contributed by atoms with Gasteiger partial charge in [0.2, 0.25) is 0 Å². The van der Waals surface area contributed by atoms with Crippen LogP contribution in [0.5, 0.6) is 0 Å². The molecule has 1 atom stereocenters. The van der Waals surface area contributed by atoms with Gasteiger partial charge in [0, 0.05) is 31.0 Å². The fourth-order valence-corrected chi connectivity index (χ4v) is 2.73. The molecule has 1 saturated heterocycles. The smallest absolute Gasteiger partial charge is 0.407 e. The van der Waals surface area contributed by atoms with E-state index >= 15 is 0 Å². The van der Waals surface area contributed by atoms with Gasteiger partial charge in [-0.3, -0.25) is 0 Å². The molecule has 2 rings (SSSR count). The fraction of sp³-hybridized carbons (Fsp3) is 0.588. The van der Waals surface area contributed by atoms with Gasteiger partial charge in [-0.1, -0.05) is 6.07 Å². The topological polar surface area (TPSA) is 67.6 Å². The lowest BCUT2D eigenvalue weighted by atomic mass is 9.97. The van der Waals surface area contributed by atoms with Crippen molar-refractivity contribution >= 4 is 17.5 Å². The fourth-order valence-electron chi connectivity index (χ4n) is 2.73. The zero-order valence-electron chi connectivity index (χ0n) is 13.8. The summed E-state index contributed by atoms with van der Waals surface area (Å²) in [6, 6.07) is 7.96. The van der Waals surface area contributed by atoms with Crippen molar-refractivity contribution in [2.24, 2.45) is 5.92 Å². The number of piperidine rings is 1. The highest BCUT2D eigenvalue weighted by molar-refractivity contribution is 5.67. The van der Waals surface area contributed by atoms with E-state index in [2.05, 4.69) is 16.3 Å². The van der Waals surface area contributed by atoms with Crippen LogP contribution in [0, 0.1) is 5.92 Å². The van der Waals surface area contributed by atoms with E-state index in [1.807, 2.05) is 39.0 Å². The zero-order valence-corrected chi connectivity index (χ0v) is 13.8. The third kappa shape index (κ3) is 5.13. The lowest BCUT2D eigenvalue weighted by molar-refractivity contribution is 0.0517. The van der Waals surface area contributed by atoms with Crippen LogP contribution in [0.2, 0.25) is 0 Å². The van der Waals surface area contributed by atoms with Crippen LogP contribution >= 0.6 is 0 Å². The summed E-state index contributed by atoms with van der Waals surface area (Å²) in [5.41, 5.74) is 7.34. The van der Waals surface area contributed by atoms with Crippen molar-refractivity contribution in [3.8, 4) is 0 Å². The summed E-state index contributed by atoms with van der Waals surface area (Å²) >= 11 is 0. The number of carbonyl (C=O) groups excluding carboxylic acids is 1. The van der Waals surface area contributed by atoms with Crippen molar-refractivity contribution in [2.45, 2.75) is 39.2 Å². The maximum absolute atomic E-state index is 11.7. The number of nitrogens with one attached hydrogen (secondary N) is 1. The first-order valence-corrected chi connectivity index (χ1v) is 7.91. The molecule has 22 heavy (non-hydrogen) atoms. The Morgan fingerprint density at radius 3 is 2.91 bits per heavy atom. The third-order valence-electron chi connectivity index (χ3n) is 3.69. The molecule has 1 aromatic carbocycles. The number of rotatable bonds is 3. The van der Waals surface area contributed by atoms with Crippen LogP contribution in [0.15, 0.2) is 24.3 Å². The van der Waals surface area contributed by atoms with E-state index in [1.165, 1.54) is 0 Å². The molecule has 0 aromatic heterocycles. The number of benzene rings is 1. The monoisotopic (exact) mass is 305 g/mol. The molecule has 1 unspecified atom stereocenters. The second kappa shape index (κ2) is 6.90. The van der Waals surface area contributed by atoms with Gasteiger partial charge in [-0.15, -0.1) is 0 Å². The van der Waals surface area contributed by atoms with Crippen LogP contribution in [0.1, 0.15) is 33.6 Å². The molecule has 0 radical (unpaired) electrons. The Bertz CT molecular complexity index is 511. The number of nitrogens with two attached hydrogens (primary N) is 1. The first-order valence-electron chi connectivity index (χ1n) is 7.91. The summed E-state index contributed by atoms with van der Waals surface area (Å²) in [5.74, 6) is 0.433. The molecule has 0 saturated carbocycles. The van der Waals surface area contributed by atoms with Gasteiger partial charge in [-0.25, -0.2) is 4.79 Å². The van der Waals surface area contributed by atoms with Gasteiger partial charge in [0.25, 0.3) is 0 Å². The number of anilines is 2. The summed E-state index contributed by atoms with van der Waals surface area (Å²) < 4.78 is 5.28. The van der Waals surface area contributed by atoms with Crippen molar-refractivity contribution in [1.29, 1.82) is 0 Å². The second-order valence-electron chi connectivity index (χ2n) is 6.93. The Balaban J connectivity index is 1.85. The lowest BCUT2D eigenvalue weighted by Crippen LogP contribution is -2.42. The molecule has 5 heteroatoms. The number of carbonyl (C=O) groups is 1. The molecule has 3 N–H and O–H groups in total.